The Balaban J connectivity index is 2.88. The number of hydrogen-bond donors (Lipinski definition) is 0. The Morgan fingerprint density at radius 1 is 0.875 bits per heavy atom. The van der Waals surface area contributed by atoms with E-state index in [0.29, 0.717) is 11.1 Å². The third-order valence-corrected chi connectivity index (χ3v) is 1.91. The van der Waals surface area contributed by atoms with Gasteiger partial charge in [-0.05, 0) is 24.3 Å². The second kappa shape index (κ2) is 5.70. The highest BCUT2D eigenvalue weighted by molar-refractivity contribution is 6.22. The van der Waals surface area contributed by atoms with Gasteiger partial charge in [-0.1, -0.05) is 0 Å². The third-order valence-electron chi connectivity index (χ3n) is 1.91. The molecule has 0 aromatic rings. The maximum Gasteiger partial charge on any atom is 0.186 e. The molecule has 0 aromatic heterocycles. The summed E-state index contributed by atoms with van der Waals surface area (Å²) in [7, 11) is 2.93. The zero-order chi connectivity index (χ0) is 12.0. The monoisotopic (exact) mass is 220 g/mol. The van der Waals surface area contributed by atoms with Gasteiger partial charge in [0.15, 0.2) is 11.6 Å². The van der Waals surface area contributed by atoms with Crippen LogP contribution in [0.2, 0.25) is 0 Å². The molecule has 0 aromatic carbocycles. The lowest BCUT2D eigenvalue weighted by molar-refractivity contribution is -0.114. The molecule has 1 aliphatic carbocycles. The maximum atomic E-state index is 11.5. The molecule has 0 heterocycles. The van der Waals surface area contributed by atoms with Gasteiger partial charge < -0.3 is 9.47 Å². The Morgan fingerprint density at radius 2 is 1.25 bits per heavy atom. The predicted molar refractivity (Wildman–Crippen MR) is 58.5 cm³/mol. The standard InChI is InChI=1S/C12H12O4/c1-15-5-3-9-7-12(14)10(4-6-16-2)8-11(9)13/h3-8H,1-2H3/b5-3-,6-4-. The first-order chi connectivity index (χ1) is 7.69. The van der Waals surface area contributed by atoms with Gasteiger partial charge in [-0.3, -0.25) is 9.59 Å². The molecule has 0 aliphatic heterocycles. The Hall–Kier alpha value is -2.10. The van der Waals surface area contributed by atoms with E-state index in [0.717, 1.165) is 0 Å². The second-order valence-corrected chi connectivity index (χ2v) is 3.00. The number of rotatable bonds is 4. The van der Waals surface area contributed by atoms with Crippen LogP contribution in [0.5, 0.6) is 0 Å². The van der Waals surface area contributed by atoms with E-state index in [9.17, 15) is 9.59 Å². The van der Waals surface area contributed by atoms with Crippen molar-refractivity contribution in [2.45, 2.75) is 0 Å². The molecular formula is C12H12O4. The molecule has 0 radical (unpaired) electrons. The largest absolute Gasteiger partial charge is 0.504 e. The molecule has 0 bridgehead atoms. The van der Waals surface area contributed by atoms with Gasteiger partial charge >= 0.3 is 0 Å². The summed E-state index contributed by atoms with van der Waals surface area (Å²) in [4.78, 5) is 23.1. The molecule has 16 heavy (non-hydrogen) atoms. The van der Waals surface area contributed by atoms with Gasteiger partial charge in [0.2, 0.25) is 0 Å². The summed E-state index contributed by atoms with van der Waals surface area (Å²) in [5.41, 5.74) is 0.614. The average molecular weight is 220 g/mol. The fourth-order valence-corrected chi connectivity index (χ4v) is 1.13. The van der Waals surface area contributed by atoms with Gasteiger partial charge in [0.1, 0.15) is 0 Å². The van der Waals surface area contributed by atoms with E-state index in [-0.39, 0.29) is 11.6 Å². The molecular weight excluding hydrogens is 208 g/mol. The molecule has 0 saturated carbocycles. The molecule has 4 nitrogen and oxygen atoms in total. The minimum atomic E-state index is -0.233. The number of ether oxygens (including phenoxy) is 2. The van der Waals surface area contributed by atoms with E-state index in [4.69, 9.17) is 0 Å². The van der Waals surface area contributed by atoms with Crippen molar-refractivity contribution >= 4 is 11.6 Å². The average Bonchev–Trinajstić information content (AvgIpc) is 2.28. The summed E-state index contributed by atoms with van der Waals surface area (Å²) >= 11 is 0. The van der Waals surface area contributed by atoms with E-state index in [1.165, 1.54) is 51.0 Å². The van der Waals surface area contributed by atoms with E-state index >= 15 is 0 Å². The lowest BCUT2D eigenvalue weighted by Gasteiger charge is -2.05. The minimum absolute atomic E-state index is 0.233. The van der Waals surface area contributed by atoms with Gasteiger partial charge in [0.25, 0.3) is 0 Å². The lowest BCUT2D eigenvalue weighted by atomic mass is 9.97. The van der Waals surface area contributed by atoms with Crippen molar-refractivity contribution in [3.8, 4) is 0 Å². The van der Waals surface area contributed by atoms with Crippen molar-refractivity contribution in [3.05, 3.63) is 48.0 Å². The number of hydrogen-bond acceptors (Lipinski definition) is 4. The molecule has 0 unspecified atom stereocenters. The van der Waals surface area contributed by atoms with Crippen molar-refractivity contribution < 1.29 is 19.1 Å². The molecule has 1 rings (SSSR count). The van der Waals surface area contributed by atoms with Gasteiger partial charge in [0.05, 0.1) is 26.7 Å². The van der Waals surface area contributed by atoms with Crippen molar-refractivity contribution in [2.24, 2.45) is 0 Å². The first-order valence-corrected chi connectivity index (χ1v) is 4.59. The van der Waals surface area contributed by atoms with Gasteiger partial charge in [-0.2, -0.15) is 0 Å². The first kappa shape index (κ1) is 12.0. The maximum absolute atomic E-state index is 11.5. The predicted octanol–water partition coefficient (Wildman–Crippen LogP) is 1.31. The van der Waals surface area contributed by atoms with Crippen LogP contribution in [-0.4, -0.2) is 25.8 Å². The van der Waals surface area contributed by atoms with Crippen LogP contribution in [0.3, 0.4) is 0 Å². The molecule has 0 spiro atoms. The molecule has 0 N–H and O–H groups in total. The number of ketones is 2. The van der Waals surface area contributed by atoms with Crippen LogP contribution in [-0.2, 0) is 19.1 Å². The second-order valence-electron chi connectivity index (χ2n) is 3.00. The quantitative estimate of drug-likeness (QED) is 0.529. The highest BCUT2D eigenvalue weighted by atomic mass is 16.5. The Labute approximate surface area is 93.5 Å². The van der Waals surface area contributed by atoms with E-state index in [2.05, 4.69) is 9.47 Å². The number of methoxy groups -OCH3 is 2. The van der Waals surface area contributed by atoms with Gasteiger partial charge in [0, 0.05) is 11.1 Å². The summed E-state index contributed by atoms with van der Waals surface area (Å²) < 4.78 is 9.36. The molecule has 0 fully saturated rings. The fourth-order valence-electron chi connectivity index (χ4n) is 1.13. The number of allylic oxidation sites excluding steroid dienone is 6. The van der Waals surface area contributed by atoms with Crippen LogP contribution in [0, 0.1) is 0 Å². The summed E-state index contributed by atoms with van der Waals surface area (Å²) in [5.74, 6) is -0.465. The summed E-state index contributed by atoms with van der Waals surface area (Å²) in [6.07, 6.45) is 8.14. The summed E-state index contributed by atoms with van der Waals surface area (Å²) in [6.45, 7) is 0. The molecule has 4 heteroatoms. The molecule has 0 atom stereocenters. The van der Waals surface area contributed by atoms with Crippen LogP contribution in [0.25, 0.3) is 0 Å². The van der Waals surface area contributed by atoms with E-state index in [1.807, 2.05) is 0 Å². The van der Waals surface area contributed by atoms with Crippen molar-refractivity contribution in [3.63, 3.8) is 0 Å². The molecule has 1 aliphatic rings. The first-order valence-electron chi connectivity index (χ1n) is 4.59. The number of carbonyl (C=O) groups is 2. The van der Waals surface area contributed by atoms with Gasteiger partial charge in [-0.15, -0.1) is 0 Å². The highest BCUT2D eigenvalue weighted by Gasteiger charge is 2.16. The Morgan fingerprint density at radius 3 is 1.56 bits per heavy atom. The molecule has 0 saturated heterocycles. The normalized spacial score (nSPS) is 16.6. The zero-order valence-corrected chi connectivity index (χ0v) is 9.10. The molecule has 84 valence electrons. The summed E-state index contributed by atoms with van der Waals surface area (Å²) in [6, 6.07) is 0. The van der Waals surface area contributed by atoms with E-state index < -0.39 is 0 Å². The van der Waals surface area contributed by atoms with Crippen molar-refractivity contribution in [1.82, 2.24) is 0 Å². The van der Waals surface area contributed by atoms with Crippen LogP contribution in [0.1, 0.15) is 0 Å². The minimum Gasteiger partial charge on any atom is -0.504 e. The Bertz CT molecular complexity index is 371. The summed E-state index contributed by atoms with van der Waals surface area (Å²) in [5, 5.41) is 0. The Kier molecular flexibility index (Phi) is 4.27. The zero-order valence-electron chi connectivity index (χ0n) is 9.10. The van der Waals surface area contributed by atoms with Crippen LogP contribution in [0.4, 0.5) is 0 Å². The van der Waals surface area contributed by atoms with Crippen molar-refractivity contribution in [1.29, 1.82) is 0 Å². The molecule has 0 amide bonds. The highest BCUT2D eigenvalue weighted by Crippen LogP contribution is 2.14. The smallest absolute Gasteiger partial charge is 0.186 e. The van der Waals surface area contributed by atoms with Crippen LogP contribution >= 0.6 is 0 Å². The number of carbonyl (C=O) groups excluding carboxylic acids is 2. The van der Waals surface area contributed by atoms with Crippen LogP contribution in [0.15, 0.2) is 48.0 Å². The van der Waals surface area contributed by atoms with Gasteiger partial charge in [-0.25, -0.2) is 0 Å². The van der Waals surface area contributed by atoms with Crippen molar-refractivity contribution in [2.75, 3.05) is 14.2 Å². The fraction of sp³-hybridized carbons (Fsp3) is 0.167. The van der Waals surface area contributed by atoms with Crippen LogP contribution < -0.4 is 0 Å². The third kappa shape index (κ3) is 2.95. The lowest BCUT2D eigenvalue weighted by Crippen LogP contribution is -2.10. The SMILES string of the molecule is CO/C=C\C1=CC(=O)C(/C=C\OC)=CC1=O. The topological polar surface area (TPSA) is 52.6 Å². The van der Waals surface area contributed by atoms with E-state index in [1.54, 1.807) is 0 Å².